The molecule has 36 valence electrons. The molecular formula is CH4N2O2S. The fourth-order valence-electron chi connectivity index (χ4n) is 0. The Morgan fingerprint density at radius 2 is 1.33 bits per heavy atom. The van der Waals surface area contributed by atoms with Crippen LogP contribution in [0.5, 0.6) is 0 Å². The molecule has 0 fully saturated rings. The van der Waals surface area contributed by atoms with E-state index >= 15 is 0 Å². The highest BCUT2D eigenvalue weighted by atomic mass is 32.1. The van der Waals surface area contributed by atoms with Gasteiger partial charge in [-0.2, -0.15) is 4.21 Å². The molecule has 4 N–H and O–H groups in total. The highest BCUT2D eigenvalue weighted by Gasteiger charge is 1.60. The van der Waals surface area contributed by atoms with Crippen LogP contribution in [0.3, 0.4) is 0 Å². The van der Waals surface area contributed by atoms with Gasteiger partial charge in [0.25, 0.3) is 0 Å². The van der Waals surface area contributed by atoms with Gasteiger partial charge in [-0.1, -0.05) is 0 Å². The highest BCUT2D eigenvalue weighted by molar-refractivity contribution is 7.44. The van der Waals surface area contributed by atoms with Gasteiger partial charge in [0.15, 0.2) is 12.5 Å². The van der Waals surface area contributed by atoms with Crippen LogP contribution < -0.4 is 11.5 Å². The first kappa shape index (κ1) is 8.99. The largest absolute Gasteiger partial charge is 0.352 e. The van der Waals surface area contributed by atoms with Crippen LogP contribution in [0.2, 0.25) is 0 Å². The summed E-state index contributed by atoms with van der Waals surface area (Å²) in [4.78, 5) is 9.00. The van der Waals surface area contributed by atoms with Crippen molar-refractivity contribution in [2.75, 3.05) is 0 Å². The predicted octanol–water partition coefficient (Wildman–Crippen LogP) is -1.31. The van der Waals surface area contributed by atoms with E-state index in [1.807, 2.05) is 0 Å². The van der Waals surface area contributed by atoms with Crippen molar-refractivity contribution >= 4 is 18.6 Å². The van der Waals surface area contributed by atoms with Crippen LogP contribution in [0.15, 0.2) is 0 Å². The molecule has 0 atom stereocenters. The lowest BCUT2D eigenvalue weighted by atomic mass is 11.2. The van der Waals surface area contributed by atoms with Crippen molar-refractivity contribution in [1.29, 1.82) is 0 Å². The number of carbonyl (C=O) groups excluding carboxylic acids is 1. The number of carbonyl (C=O) groups is 1. The van der Waals surface area contributed by atoms with Crippen LogP contribution in [0.4, 0.5) is 4.79 Å². The van der Waals surface area contributed by atoms with Gasteiger partial charge in [-0.25, -0.2) is 4.79 Å². The van der Waals surface area contributed by atoms with Crippen molar-refractivity contribution in [2.24, 2.45) is 11.5 Å². The van der Waals surface area contributed by atoms with Gasteiger partial charge in [-0.3, -0.25) is 0 Å². The fraction of sp³-hybridized carbons (Fsp3) is 0. The zero-order chi connectivity index (χ0) is 5.58. The number of hydrogen-bond acceptors (Lipinski definition) is 3. The van der Waals surface area contributed by atoms with E-state index in [9.17, 15) is 0 Å². The minimum Gasteiger partial charge on any atom is -0.352 e. The lowest BCUT2D eigenvalue weighted by Crippen LogP contribution is -2.18. The zero-order valence-electron chi connectivity index (χ0n) is 2.88. The van der Waals surface area contributed by atoms with Gasteiger partial charge in [-0.15, -0.1) is 0 Å². The van der Waals surface area contributed by atoms with Gasteiger partial charge in [0.1, 0.15) is 0 Å². The molecule has 6 heavy (non-hydrogen) atoms. The van der Waals surface area contributed by atoms with Gasteiger partial charge in [0.05, 0.1) is 0 Å². The lowest BCUT2D eigenvalue weighted by molar-refractivity contribution is 0.256. The van der Waals surface area contributed by atoms with Crippen molar-refractivity contribution in [2.45, 2.75) is 0 Å². The van der Waals surface area contributed by atoms with Crippen molar-refractivity contribution in [3.05, 3.63) is 0 Å². The van der Waals surface area contributed by atoms with Crippen molar-refractivity contribution < 1.29 is 9.00 Å². The summed E-state index contributed by atoms with van der Waals surface area (Å²) in [6.07, 6.45) is 0. The third-order valence-electron chi connectivity index (χ3n) is 0. The standard InChI is InChI=1S/CH4N2O.OS/c2-1(3)4;1-2/h(H4,2,3,4);. The Morgan fingerprint density at radius 3 is 1.33 bits per heavy atom. The Hall–Kier alpha value is -0.710. The van der Waals surface area contributed by atoms with Gasteiger partial charge in [0, 0.05) is 0 Å². The zero-order valence-corrected chi connectivity index (χ0v) is 3.70. The first-order valence-electron chi connectivity index (χ1n) is 0.948. The molecule has 0 rings (SSSR count). The minimum absolute atomic E-state index is 0.833. The molecule has 0 unspecified atom stereocenters. The van der Waals surface area contributed by atoms with E-state index in [2.05, 4.69) is 24.0 Å². The van der Waals surface area contributed by atoms with E-state index in [1.54, 1.807) is 0 Å². The molecule has 4 nitrogen and oxygen atoms in total. The molecule has 0 aliphatic heterocycles. The minimum atomic E-state index is -0.833. The summed E-state index contributed by atoms with van der Waals surface area (Å²) in [5, 5.41) is 0. The maximum Gasteiger partial charge on any atom is 0.309 e. The second kappa shape index (κ2) is 8.85. The first-order valence-corrected chi connectivity index (χ1v) is 1.28. The van der Waals surface area contributed by atoms with Crippen LogP contribution in [-0.2, 0) is 12.5 Å². The molecular weight excluding hydrogens is 104 g/mol. The van der Waals surface area contributed by atoms with Crippen LogP contribution in [0.25, 0.3) is 0 Å². The number of urea groups is 1. The molecule has 0 aromatic rings. The van der Waals surface area contributed by atoms with E-state index < -0.39 is 6.03 Å². The molecule has 0 aliphatic rings. The Morgan fingerprint density at radius 1 is 1.33 bits per heavy atom. The topological polar surface area (TPSA) is 86.2 Å². The number of primary amides is 2. The van der Waals surface area contributed by atoms with Crippen molar-refractivity contribution in [3.63, 3.8) is 0 Å². The molecule has 0 radical (unpaired) electrons. The second-order valence-electron chi connectivity index (χ2n) is 0.402. The van der Waals surface area contributed by atoms with Crippen LogP contribution in [0.1, 0.15) is 0 Å². The monoisotopic (exact) mass is 108 g/mol. The van der Waals surface area contributed by atoms with Gasteiger partial charge < -0.3 is 11.5 Å². The third kappa shape index (κ3) is 34.2. The lowest BCUT2D eigenvalue weighted by Gasteiger charge is -1.62. The van der Waals surface area contributed by atoms with E-state index in [0.717, 1.165) is 0 Å². The normalized spacial score (nSPS) is 4.67. The average Bonchev–Trinajstić information content (AvgIpc) is 1.41. The molecule has 0 spiro atoms. The van der Waals surface area contributed by atoms with Gasteiger partial charge in [-0.05, 0) is 0 Å². The summed E-state index contributed by atoms with van der Waals surface area (Å²) < 4.78 is 7.83. The SMILES string of the molecule is NC(N)=O.O=S. The summed E-state index contributed by atoms with van der Waals surface area (Å²) in [6.45, 7) is 0. The third-order valence-corrected chi connectivity index (χ3v) is 0. The number of amides is 2. The molecule has 0 bridgehead atoms. The number of nitrogens with two attached hydrogens (primary N) is 2. The summed E-state index contributed by atoms with van der Waals surface area (Å²) >= 11 is 2.83. The summed E-state index contributed by atoms with van der Waals surface area (Å²) in [5.74, 6) is 0. The Bertz CT molecular complexity index is 42.8. The first-order chi connectivity index (χ1) is 2.73. The molecule has 0 aromatic heterocycles. The molecule has 2 amide bonds. The maximum atomic E-state index is 9.00. The predicted molar refractivity (Wildman–Crippen MR) is 21.9 cm³/mol. The van der Waals surface area contributed by atoms with E-state index in [1.165, 1.54) is 0 Å². The van der Waals surface area contributed by atoms with Gasteiger partial charge in [0.2, 0.25) is 0 Å². The molecule has 0 saturated heterocycles. The second-order valence-corrected chi connectivity index (χ2v) is 0.402. The molecule has 0 aromatic carbocycles. The Labute approximate surface area is 40.0 Å². The van der Waals surface area contributed by atoms with Crippen molar-refractivity contribution in [1.82, 2.24) is 0 Å². The molecule has 0 aliphatic carbocycles. The summed E-state index contributed by atoms with van der Waals surface area (Å²) in [5.41, 5.74) is 8.50. The fourth-order valence-corrected chi connectivity index (χ4v) is 0. The number of rotatable bonds is 0. The van der Waals surface area contributed by atoms with Crippen molar-refractivity contribution in [3.8, 4) is 0 Å². The Balaban J connectivity index is 0. The van der Waals surface area contributed by atoms with Crippen LogP contribution in [0, 0.1) is 0 Å². The van der Waals surface area contributed by atoms with Crippen LogP contribution >= 0.6 is 0 Å². The number of hydrogen-bond donors (Lipinski definition) is 2. The van der Waals surface area contributed by atoms with Gasteiger partial charge >= 0.3 is 6.03 Å². The summed E-state index contributed by atoms with van der Waals surface area (Å²) in [7, 11) is 0. The van der Waals surface area contributed by atoms with E-state index in [4.69, 9.17) is 9.00 Å². The smallest absolute Gasteiger partial charge is 0.309 e. The molecule has 5 heteroatoms. The average molecular weight is 108 g/mol. The Kier molecular flexibility index (Phi) is 13.3. The highest BCUT2D eigenvalue weighted by Crippen LogP contribution is 1.25. The van der Waals surface area contributed by atoms with E-state index in [-0.39, 0.29) is 0 Å². The van der Waals surface area contributed by atoms with E-state index in [0.29, 0.717) is 0 Å². The molecule has 0 heterocycles. The maximum absolute atomic E-state index is 9.00. The summed E-state index contributed by atoms with van der Waals surface area (Å²) in [6, 6.07) is -0.833. The molecule has 0 saturated carbocycles. The quantitative estimate of drug-likeness (QED) is 0.404. The van der Waals surface area contributed by atoms with Crippen LogP contribution in [-0.4, -0.2) is 10.2 Å².